The first-order valence-corrected chi connectivity index (χ1v) is 10.6. The number of imidazole rings is 1. The van der Waals surface area contributed by atoms with E-state index >= 15 is 0 Å². The van der Waals surface area contributed by atoms with Crippen LogP contribution in [0, 0.1) is 13.8 Å². The molecule has 0 unspecified atom stereocenters. The second-order valence-corrected chi connectivity index (χ2v) is 8.49. The number of fused-ring (bicyclic) bond motifs is 7. The van der Waals surface area contributed by atoms with E-state index < -0.39 is 0 Å². The lowest BCUT2D eigenvalue weighted by Crippen LogP contribution is -2.30. The molecule has 0 saturated carbocycles. The van der Waals surface area contributed by atoms with Crippen molar-refractivity contribution < 1.29 is 18.1 Å². The van der Waals surface area contributed by atoms with Crippen LogP contribution in [0.3, 0.4) is 0 Å². The van der Waals surface area contributed by atoms with E-state index in [1.165, 1.54) is 22.6 Å². The maximum atomic E-state index is 6.22. The van der Waals surface area contributed by atoms with Gasteiger partial charge in [0.1, 0.15) is 22.6 Å². The average Bonchev–Trinajstić information content (AvgIpc) is 3.49. The van der Waals surface area contributed by atoms with Crippen molar-refractivity contribution in [3.8, 4) is 11.4 Å². The minimum Gasteiger partial charge on any atom is -0.493 e. The van der Waals surface area contributed by atoms with Crippen LogP contribution in [0.1, 0.15) is 17.0 Å². The third-order valence-corrected chi connectivity index (χ3v) is 6.78. The number of hydrogen-bond donors (Lipinski definition) is 0. The number of para-hydroxylation sites is 1. The number of nitrogens with zero attached hydrogens (tertiary/aromatic N) is 2. The molecule has 0 N–H and O–H groups in total. The van der Waals surface area contributed by atoms with E-state index in [-0.39, 0.29) is 0 Å². The molecule has 3 aromatic heterocycles. The Kier molecular flexibility index (Phi) is 3.12. The van der Waals surface area contributed by atoms with Gasteiger partial charge in [-0.25, -0.2) is 4.57 Å². The SMILES string of the molecule is Cc1ccccc1-n1c(C)[n+](C)c2cc3c(cc21)oc1oc2cc4c(cc2c13)CCO4. The standard InChI is InChI=1S/C26H21N2O3/c1-14-6-4-5-7-19(14)28-15(2)27(3)20-11-18-23(12-21(20)28)30-26-25(18)17-10-16-8-9-29-22(16)13-24(17)31-26/h4-7,10-13H,8-9H2,1-3H3/q+1. The van der Waals surface area contributed by atoms with Gasteiger partial charge in [0.05, 0.1) is 19.0 Å². The van der Waals surface area contributed by atoms with Gasteiger partial charge in [0.2, 0.25) is 0 Å². The first-order valence-electron chi connectivity index (χ1n) is 10.6. The highest BCUT2D eigenvalue weighted by molar-refractivity contribution is 6.19. The number of rotatable bonds is 1. The van der Waals surface area contributed by atoms with E-state index in [1.54, 1.807) is 0 Å². The summed E-state index contributed by atoms with van der Waals surface area (Å²) in [4.78, 5) is 0. The molecular weight excluding hydrogens is 388 g/mol. The van der Waals surface area contributed by atoms with Crippen molar-refractivity contribution in [1.82, 2.24) is 4.57 Å². The molecule has 1 aliphatic rings. The zero-order valence-corrected chi connectivity index (χ0v) is 17.7. The molecule has 0 bridgehead atoms. The fourth-order valence-corrected chi connectivity index (χ4v) is 5.08. The summed E-state index contributed by atoms with van der Waals surface area (Å²) in [6.07, 6.45) is 0.936. The average molecular weight is 409 g/mol. The maximum absolute atomic E-state index is 6.22. The van der Waals surface area contributed by atoms with E-state index in [0.717, 1.165) is 57.1 Å². The lowest BCUT2D eigenvalue weighted by molar-refractivity contribution is -0.652. The Morgan fingerprint density at radius 1 is 0.935 bits per heavy atom. The fourth-order valence-electron chi connectivity index (χ4n) is 5.08. The molecule has 31 heavy (non-hydrogen) atoms. The molecule has 0 radical (unpaired) electrons. The van der Waals surface area contributed by atoms with Gasteiger partial charge < -0.3 is 13.6 Å². The van der Waals surface area contributed by atoms with Crippen LogP contribution in [0.2, 0.25) is 0 Å². The van der Waals surface area contributed by atoms with E-state index in [2.05, 4.69) is 72.5 Å². The molecule has 3 aromatic carbocycles. The smallest absolute Gasteiger partial charge is 0.299 e. The number of aryl methyl sites for hydroxylation is 2. The summed E-state index contributed by atoms with van der Waals surface area (Å²) in [5.41, 5.74) is 7.59. The van der Waals surface area contributed by atoms with Crippen molar-refractivity contribution in [3.63, 3.8) is 0 Å². The minimum atomic E-state index is 0.572. The van der Waals surface area contributed by atoms with Gasteiger partial charge in [-0.1, -0.05) is 18.2 Å². The van der Waals surface area contributed by atoms with Gasteiger partial charge in [-0.15, -0.1) is 0 Å². The second-order valence-electron chi connectivity index (χ2n) is 8.49. The third kappa shape index (κ3) is 2.13. The first-order chi connectivity index (χ1) is 15.1. The molecule has 7 rings (SSSR count). The van der Waals surface area contributed by atoms with E-state index in [0.29, 0.717) is 5.78 Å². The zero-order valence-electron chi connectivity index (χ0n) is 17.7. The largest absolute Gasteiger partial charge is 0.493 e. The Morgan fingerprint density at radius 3 is 2.55 bits per heavy atom. The van der Waals surface area contributed by atoms with Crippen molar-refractivity contribution in [3.05, 3.63) is 65.5 Å². The van der Waals surface area contributed by atoms with Gasteiger partial charge >= 0.3 is 0 Å². The molecule has 5 heteroatoms. The van der Waals surface area contributed by atoms with Gasteiger partial charge in [0.15, 0.2) is 11.0 Å². The highest BCUT2D eigenvalue weighted by atomic mass is 16.5. The molecule has 0 saturated heterocycles. The van der Waals surface area contributed by atoms with Gasteiger partial charge in [-0.2, -0.15) is 4.57 Å². The van der Waals surface area contributed by atoms with Crippen LogP contribution in [0.4, 0.5) is 0 Å². The first kappa shape index (κ1) is 17.0. The van der Waals surface area contributed by atoms with E-state index in [9.17, 15) is 0 Å². The van der Waals surface area contributed by atoms with Crippen LogP contribution in [0.25, 0.3) is 49.8 Å². The molecular formula is C26H21N2O3+. The normalized spacial score (nSPS) is 13.6. The third-order valence-electron chi connectivity index (χ3n) is 6.78. The van der Waals surface area contributed by atoms with E-state index in [1.807, 2.05) is 6.07 Å². The van der Waals surface area contributed by atoms with Crippen molar-refractivity contribution in [2.45, 2.75) is 20.3 Å². The van der Waals surface area contributed by atoms with Crippen LogP contribution >= 0.6 is 0 Å². The molecule has 0 amide bonds. The van der Waals surface area contributed by atoms with Gasteiger partial charge in [0.25, 0.3) is 11.6 Å². The second kappa shape index (κ2) is 5.70. The predicted molar refractivity (Wildman–Crippen MR) is 120 cm³/mol. The number of hydrogen-bond acceptors (Lipinski definition) is 3. The van der Waals surface area contributed by atoms with Crippen LogP contribution in [-0.2, 0) is 13.5 Å². The number of furan rings is 2. The quantitative estimate of drug-likeness (QED) is 0.330. The number of benzene rings is 3. The molecule has 152 valence electrons. The molecule has 0 atom stereocenters. The predicted octanol–water partition coefficient (Wildman–Crippen LogP) is 5.65. The summed E-state index contributed by atoms with van der Waals surface area (Å²) in [6, 6.07) is 17.0. The Balaban J connectivity index is 1.58. The Labute approximate surface area is 178 Å². The van der Waals surface area contributed by atoms with Crippen molar-refractivity contribution in [1.29, 1.82) is 0 Å². The molecule has 0 fully saturated rings. The molecule has 0 spiro atoms. The number of aromatic nitrogens is 2. The molecule has 6 aromatic rings. The topological polar surface area (TPSA) is 44.3 Å². The summed E-state index contributed by atoms with van der Waals surface area (Å²) in [6.45, 7) is 5.03. The van der Waals surface area contributed by atoms with Crippen LogP contribution in [0.15, 0.2) is 57.4 Å². The Morgan fingerprint density at radius 2 is 1.71 bits per heavy atom. The molecule has 1 aliphatic heterocycles. The lowest BCUT2D eigenvalue weighted by Gasteiger charge is -2.03. The molecule has 4 heterocycles. The summed E-state index contributed by atoms with van der Waals surface area (Å²) in [5.74, 6) is 2.66. The monoisotopic (exact) mass is 409 g/mol. The molecule has 5 nitrogen and oxygen atoms in total. The Bertz CT molecular complexity index is 1700. The lowest BCUT2D eigenvalue weighted by atomic mass is 10.1. The van der Waals surface area contributed by atoms with Gasteiger partial charge in [-0.3, -0.25) is 0 Å². The highest BCUT2D eigenvalue weighted by Crippen LogP contribution is 2.41. The summed E-state index contributed by atoms with van der Waals surface area (Å²) < 4.78 is 22.6. The Hall–Kier alpha value is -3.73. The fraction of sp³-hybridized carbons (Fsp3) is 0.192. The maximum Gasteiger partial charge on any atom is 0.299 e. The van der Waals surface area contributed by atoms with Crippen LogP contribution in [-0.4, -0.2) is 11.2 Å². The summed E-state index contributed by atoms with van der Waals surface area (Å²) >= 11 is 0. The highest BCUT2D eigenvalue weighted by Gasteiger charge is 2.26. The summed E-state index contributed by atoms with van der Waals surface area (Å²) in [5, 5.41) is 3.22. The summed E-state index contributed by atoms with van der Waals surface area (Å²) in [7, 11) is 2.12. The van der Waals surface area contributed by atoms with Crippen LogP contribution < -0.4 is 9.30 Å². The van der Waals surface area contributed by atoms with Crippen molar-refractivity contribution >= 4 is 44.1 Å². The van der Waals surface area contributed by atoms with Gasteiger partial charge in [-0.05, 0) is 30.2 Å². The molecule has 0 aliphatic carbocycles. The zero-order chi connectivity index (χ0) is 20.9. The van der Waals surface area contributed by atoms with Crippen LogP contribution in [0.5, 0.6) is 5.75 Å². The van der Waals surface area contributed by atoms with E-state index in [4.69, 9.17) is 13.6 Å². The number of ether oxygens (including phenoxy) is 1. The van der Waals surface area contributed by atoms with Crippen molar-refractivity contribution in [2.24, 2.45) is 7.05 Å². The van der Waals surface area contributed by atoms with Crippen molar-refractivity contribution in [2.75, 3.05) is 6.61 Å². The van der Waals surface area contributed by atoms with Gasteiger partial charge in [0, 0.05) is 42.3 Å². The minimum absolute atomic E-state index is 0.572.